The first-order valence-corrected chi connectivity index (χ1v) is 10.8. The van der Waals surface area contributed by atoms with E-state index in [0.717, 1.165) is 5.69 Å². The van der Waals surface area contributed by atoms with Gasteiger partial charge in [0, 0.05) is 45.0 Å². The molecule has 1 fully saturated rings. The van der Waals surface area contributed by atoms with Crippen LogP contribution in [-0.4, -0.2) is 75.8 Å². The molecule has 0 saturated carbocycles. The highest BCUT2D eigenvalue weighted by atomic mass is 19.1. The molecular weight excluding hydrogens is 429 g/mol. The molecule has 1 atom stereocenters. The number of nitrogens with zero attached hydrogens (tertiary/aromatic N) is 7. The van der Waals surface area contributed by atoms with Crippen LogP contribution in [0.4, 0.5) is 33.5 Å². The Morgan fingerprint density at radius 2 is 2.12 bits per heavy atom. The Hall–Kier alpha value is -3.51. The van der Waals surface area contributed by atoms with Gasteiger partial charge < -0.3 is 30.7 Å². The number of nitrogens with two attached hydrogens (primary N) is 1. The lowest BCUT2D eigenvalue weighted by Gasteiger charge is -2.20. The van der Waals surface area contributed by atoms with E-state index >= 15 is 0 Å². The number of hydrogen-bond donors (Lipinski definition) is 3. The summed E-state index contributed by atoms with van der Waals surface area (Å²) in [5.74, 6) is 0.859. The molecule has 1 saturated heterocycles. The zero-order valence-electron chi connectivity index (χ0n) is 18.6. The molecule has 3 aromatic rings. The number of ether oxygens (including phenoxy) is 1. The summed E-state index contributed by atoms with van der Waals surface area (Å²) in [7, 11) is 1.88. The van der Waals surface area contributed by atoms with E-state index in [4.69, 9.17) is 10.5 Å². The minimum absolute atomic E-state index is 0.0157. The fourth-order valence-electron chi connectivity index (χ4n) is 3.58. The van der Waals surface area contributed by atoms with E-state index in [1.807, 2.05) is 29.8 Å². The predicted octanol–water partition coefficient (Wildman–Crippen LogP) is 1.57. The van der Waals surface area contributed by atoms with Crippen molar-refractivity contribution in [3.05, 3.63) is 36.4 Å². The summed E-state index contributed by atoms with van der Waals surface area (Å²) in [6.45, 7) is 4.98. The third-order valence-electron chi connectivity index (χ3n) is 5.38. The van der Waals surface area contributed by atoms with Crippen LogP contribution in [0.1, 0.15) is 13.3 Å². The molecule has 176 valence electrons. The molecular formula is C21H28FN9O2. The van der Waals surface area contributed by atoms with E-state index < -0.39 is 5.82 Å². The predicted molar refractivity (Wildman–Crippen MR) is 124 cm³/mol. The van der Waals surface area contributed by atoms with E-state index in [9.17, 15) is 9.50 Å². The van der Waals surface area contributed by atoms with E-state index in [2.05, 4.69) is 25.4 Å². The molecule has 1 aliphatic rings. The van der Waals surface area contributed by atoms with Crippen LogP contribution in [0.3, 0.4) is 0 Å². The maximum absolute atomic E-state index is 14.9. The number of rotatable bonds is 9. The maximum atomic E-state index is 14.9. The Labute approximate surface area is 191 Å². The molecule has 1 aliphatic heterocycles. The number of nitrogens with one attached hydrogen (secondary N) is 1. The minimum Gasteiger partial charge on any atom is -0.391 e. The summed E-state index contributed by atoms with van der Waals surface area (Å²) in [6.07, 6.45) is 1.70. The van der Waals surface area contributed by atoms with Crippen LogP contribution in [0.15, 0.2) is 30.6 Å². The van der Waals surface area contributed by atoms with Crippen LogP contribution in [0.5, 0.6) is 0 Å². The average Bonchev–Trinajstić information content (AvgIpc) is 3.40. The first-order valence-electron chi connectivity index (χ1n) is 10.8. The number of nitrogen functional groups attached to an aromatic ring is 1. The van der Waals surface area contributed by atoms with Gasteiger partial charge in [0.2, 0.25) is 11.9 Å². The standard InChI is InChI=1S/C21H28FN9O2/c1-3-33-9-8-29(2)14-4-5-17(16(22)10-14)26-21-27-20(23)28-31(21)19-11-18(24-13-25-19)30-7-6-15(32)12-30/h4-5,10-11,13,15,32H,3,6-9,12H2,1-2H3,(H3,23,26,27,28)/t15-/m0/s1. The van der Waals surface area contributed by atoms with Gasteiger partial charge in [-0.3, -0.25) is 0 Å². The lowest BCUT2D eigenvalue weighted by atomic mass is 10.2. The molecule has 4 N–H and O–H groups in total. The topological polar surface area (TPSA) is 130 Å². The van der Waals surface area contributed by atoms with Crippen LogP contribution in [-0.2, 0) is 4.74 Å². The molecule has 0 spiro atoms. The fourth-order valence-corrected chi connectivity index (χ4v) is 3.58. The first-order chi connectivity index (χ1) is 15.9. The molecule has 1 aromatic carbocycles. The molecule has 0 aliphatic carbocycles. The van der Waals surface area contributed by atoms with E-state index in [-0.39, 0.29) is 23.7 Å². The Morgan fingerprint density at radius 1 is 1.30 bits per heavy atom. The second-order valence-electron chi connectivity index (χ2n) is 7.74. The van der Waals surface area contributed by atoms with Crippen molar-refractivity contribution in [2.75, 3.05) is 60.7 Å². The second-order valence-corrected chi connectivity index (χ2v) is 7.74. The normalized spacial score (nSPS) is 15.8. The highest BCUT2D eigenvalue weighted by Gasteiger charge is 2.22. The second kappa shape index (κ2) is 9.96. The van der Waals surface area contributed by atoms with Crippen molar-refractivity contribution in [2.45, 2.75) is 19.4 Å². The van der Waals surface area contributed by atoms with Gasteiger partial charge in [-0.2, -0.15) is 9.67 Å². The monoisotopic (exact) mass is 457 g/mol. The molecule has 12 heteroatoms. The van der Waals surface area contributed by atoms with Crippen LogP contribution in [0, 0.1) is 5.82 Å². The highest BCUT2D eigenvalue weighted by Crippen LogP contribution is 2.26. The molecule has 0 radical (unpaired) electrons. The van der Waals surface area contributed by atoms with Crippen LogP contribution >= 0.6 is 0 Å². The van der Waals surface area contributed by atoms with Crippen molar-refractivity contribution >= 4 is 29.1 Å². The average molecular weight is 458 g/mol. The van der Waals surface area contributed by atoms with Gasteiger partial charge in [0.15, 0.2) is 5.82 Å². The lowest BCUT2D eigenvalue weighted by molar-refractivity contribution is 0.154. The Balaban J connectivity index is 1.54. The van der Waals surface area contributed by atoms with E-state index in [1.165, 1.54) is 17.1 Å². The number of benzene rings is 1. The summed E-state index contributed by atoms with van der Waals surface area (Å²) in [6, 6.07) is 6.61. The Morgan fingerprint density at radius 3 is 2.85 bits per heavy atom. The fraction of sp³-hybridized carbons (Fsp3) is 0.429. The van der Waals surface area contributed by atoms with Gasteiger partial charge in [0.25, 0.3) is 0 Å². The summed E-state index contributed by atoms with van der Waals surface area (Å²) in [5.41, 5.74) is 6.78. The van der Waals surface area contributed by atoms with Crippen molar-refractivity contribution in [2.24, 2.45) is 0 Å². The maximum Gasteiger partial charge on any atom is 0.241 e. The van der Waals surface area contributed by atoms with Crippen LogP contribution in [0.25, 0.3) is 5.82 Å². The minimum atomic E-state index is -0.446. The quantitative estimate of drug-likeness (QED) is 0.407. The number of anilines is 5. The summed E-state index contributed by atoms with van der Waals surface area (Å²) < 4.78 is 21.6. The number of hydrogen-bond acceptors (Lipinski definition) is 10. The van der Waals surface area contributed by atoms with Gasteiger partial charge >= 0.3 is 0 Å². The molecule has 2 aromatic heterocycles. The summed E-state index contributed by atoms with van der Waals surface area (Å²) >= 11 is 0. The Kier molecular flexibility index (Phi) is 6.84. The first kappa shape index (κ1) is 22.7. The molecule has 0 amide bonds. The number of aliphatic hydroxyl groups excluding tert-OH is 1. The number of likely N-dealkylation sites (N-methyl/N-ethyl adjacent to an activating group) is 1. The largest absolute Gasteiger partial charge is 0.391 e. The third-order valence-corrected chi connectivity index (χ3v) is 5.38. The van der Waals surface area contributed by atoms with E-state index in [1.54, 1.807) is 12.1 Å². The van der Waals surface area contributed by atoms with Crippen LogP contribution in [0.2, 0.25) is 0 Å². The van der Waals surface area contributed by atoms with E-state index in [0.29, 0.717) is 50.9 Å². The SMILES string of the molecule is CCOCCN(C)c1ccc(Nc2nc(N)nn2-c2cc(N3CC[C@H](O)C3)ncn2)c(F)c1. The number of aromatic nitrogens is 5. The van der Waals surface area contributed by atoms with Crippen molar-refractivity contribution in [1.29, 1.82) is 0 Å². The molecule has 33 heavy (non-hydrogen) atoms. The number of halogens is 1. The third kappa shape index (κ3) is 5.29. The van der Waals surface area contributed by atoms with Crippen molar-refractivity contribution in [3.8, 4) is 5.82 Å². The van der Waals surface area contributed by atoms with Gasteiger partial charge in [-0.1, -0.05) is 0 Å². The van der Waals surface area contributed by atoms with Crippen molar-refractivity contribution in [1.82, 2.24) is 24.7 Å². The molecule has 0 bridgehead atoms. The summed E-state index contributed by atoms with van der Waals surface area (Å²) in [4.78, 5) is 16.6. The summed E-state index contributed by atoms with van der Waals surface area (Å²) in [5, 5.41) is 17.0. The van der Waals surface area contributed by atoms with Crippen molar-refractivity contribution in [3.63, 3.8) is 0 Å². The smallest absolute Gasteiger partial charge is 0.241 e. The van der Waals surface area contributed by atoms with Gasteiger partial charge in [-0.15, -0.1) is 5.10 Å². The van der Waals surface area contributed by atoms with Crippen LogP contribution < -0.4 is 20.9 Å². The highest BCUT2D eigenvalue weighted by molar-refractivity contribution is 5.62. The van der Waals surface area contributed by atoms with Gasteiger partial charge in [0.05, 0.1) is 18.4 Å². The number of aliphatic hydroxyl groups is 1. The molecule has 0 unspecified atom stereocenters. The zero-order valence-corrected chi connectivity index (χ0v) is 18.6. The molecule has 4 rings (SSSR count). The molecule has 11 nitrogen and oxygen atoms in total. The Bertz CT molecular complexity index is 1090. The van der Waals surface area contributed by atoms with Gasteiger partial charge in [0.1, 0.15) is 18.0 Å². The lowest BCUT2D eigenvalue weighted by Crippen LogP contribution is -2.22. The van der Waals surface area contributed by atoms with Crippen molar-refractivity contribution < 1.29 is 14.2 Å². The molecule has 3 heterocycles. The van der Waals surface area contributed by atoms with Gasteiger partial charge in [-0.25, -0.2) is 14.4 Å². The van der Waals surface area contributed by atoms with Gasteiger partial charge in [-0.05, 0) is 31.5 Å². The number of β-amino-alcohol motifs (C(OH)–C–C–N with tert-alkyl or cyclic N) is 1. The zero-order chi connectivity index (χ0) is 23.4.